The molecule has 98 valence electrons. The van der Waals surface area contributed by atoms with Crippen LogP contribution in [0, 0.1) is 5.92 Å². The quantitative estimate of drug-likeness (QED) is 0.821. The number of rotatable bonds is 3. The van der Waals surface area contributed by atoms with Gasteiger partial charge in [0.2, 0.25) is 5.91 Å². The summed E-state index contributed by atoms with van der Waals surface area (Å²) in [5.74, 6) is 1.01. The second kappa shape index (κ2) is 4.97. The van der Waals surface area contributed by atoms with E-state index in [0.717, 1.165) is 12.3 Å². The van der Waals surface area contributed by atoms with Crippen molar-refractivity contribution in [1.82, 2.24) is 4.90 Å². The summed E-state index contributed by atoms with van der Waals surface area (Å²) >= 11 is 0. The largest absolute Gasteiger partial charge is 0.391 e. The first-order valence-corrected chi connectivity index (χ1v) is 6.97. The molecule has 2 fully saturated rings. The lowest BCUT2D eigenvalue weighted by Gasteiger charge is -2.31. The molecule has 0 bridgehead atoms. The summed E-state index contributed by atoms with van der Waals surface area (Å²) in [5, 5.41) is 9.67. The van der Waals surface area contributed by atoms with Gasteiger partial charge in [0.15, 0.2) is 0 Å². The number of hydrogen-bond acceptors (Lipinski definition) is 2. The fourth-order valence-corrected chi connectivity index (χ4v) is 3.41. The SMILES string of the molecule is CC1(C)CC(O)CN1C(=O)CCC1CCCC1. The Morgan fingerprint density at radius 1 is 1.35 bits per heavy atom. The summed E-state index contributed by atoms with van der Waals surface area (Å²) < 4.78 is 0. The molecule has 0 aromatic heterocycles. The number of nitrogens with zero attached hydrogens (tertiary/aromatic N) is 1. The molecule has 0 aromatic carbocycles. The summed E-state index contributed by atoms with van der Waals surface area (Å²) in [6.07, 6.45) is 7.38. The average molecular weight is 239 g/mol. The molecule has 1 unspecified atom stereocenters. The van der Waals surface area contributed by atoms with Gasteiger partial charge in [-0.1, -0.05) is 25.7 Å². The van der Waals surface area contributed by atoms with Gasteiger partial charge in [-0.15, -0.1) is 0 Å². The maximum atomic E-state index is 12.2. The maximum Gasteiger partial charge on any atom is 0.223 e. The van der Waals surface area contributed by atoms with E-state index in [1.807, 2.05) is 4.90 Å². The van der Waals surface area contributed by atoms with Gasteiger partial charge in [0.05, 0.1) is 6.10 Å². The fourth-order valence-electron chi connectivity index (χ4n) is 3.41. The number of amides is 1. The van der Waals surface area contributed by atoms with E-state index in [4.69, 9.17) is 0 Å². The number of likely N-dealkylation sites (tertiary alicyclic amines) is 1. The Morgan fingerprint density at radius 2 is 2.00 bits per heavy atom. The molecule has 1 amide bonds. The molecule has 3 nitrogen and oxygen atoms in total. The first-order chi connectivity index (χ1) is 7.99. The smallest absolute Gasteiger partial charge is 0.223 e. The fraction of sp³-hybridized carbons (Fsp3) is 0.929. The van der Waals surface area contributed by atoms with Crippen molar-refractivity contribution >= 4 is 5.91 Å². The van der Waals surface area contributed by atoms with Gasteiger partial charge in [-0.25, -0.2) is 0 Å². The van der Waals surface area contributed by atoms with Gasteiger partial charge < -0.3 is 10.0 Å². The summed E-state index contributed by atoms with van der Waals surface area (Å²) in [7, 11) is 0. The summed E-state index contributed by atoms with van der Waals surface area (Å²) in [5.41, 5.74) is -0.161. The predicted octanol–water partition coefficient (Wildman–Crippen LogP) is 2.33. The Balaban J connectivity index is 1.82. The summed E-state index contributed by atoms with van der Waals surface area (Å²) in [6.45, 7) is 4.63. The maximum absolute atomic E-state index is 12.2. The lowest BCUT2D eigenvalue weighted by atomic mass is 9.99. The molecular weight excluding hydrogens is 214 g/mol. The molecule has 0 aromatic rings. The van der Waals surface area contributed by atoms with E-state index >= 15 is 0 Å². The molecule has 1 N–H and O–H groups in total. The van der Waals surface area contributed by atoms with Gasteiger partial charge in [-0.3, -0.25) is 4.79 Å². The van der Waals surface area contributed by atoms with Crippen LogP contribution in [0.1, 0.15) is 58.8 Å². The third kappa shape index (κ3) is 3.01. The monoisotopic (exact) mass is 239 g/mol. The van der Waals surface area contributed by atoms with Gasteiger partial charge in [0.25, 0.3) is 0 Å². The number of aliphatic hydroxyl groups excluding tert-OH is 1. The van der Waals surface area contributed by atoms with Crippen molar-refractivity contribution in [3.63, 3.8) is 0 Å². The average Bonchev–Trinajstić information content (AvgIpc) is 2.82. The van der Waals surface area contributed by atoms with Crippen molar-refractivity contribution in [2.45, 2.75) is 70.4 Å². The van der Waals surface area contributed by atoms with Crippen LogP contribution < -0.4 is 0 Å². The van der Waals surface area contributed by atoms with E-state index in [2.05, 4.69) is 13.8 Å². The van der Waals surface area contributed by atoms with Crippen LogP contribution in [0.4, 0.5) is 0 Å². The second-order valence-corrected chi connectivity index (χ2v) is 6.36. The first-order valence-electron chi connectivity index (χ1n) is 6.97. The standard InChI is InChI=1S/C14H25NO2/c1-14(2)9-12(16)10-15(14)13(17)8-7-11-5-3-4-6-11/h11-12,16H,3-10H2,1-2H3. The molecule has 1 aliphatic heterocycles. The minimum atomic E-state index is -0.333. The van der Waals surface area contributed by atoms with Crippen molar-refractivity contribution < 1.29 is 9.90 Å². The van der Waals surface area contributed by atoms with Crippen molar-refractivity contribution in [3.8, 4) is 0 Å². The Morgan fingerprint density at radius 3 is 2.53 bits per heavy atom. The Bertz CT molecular complexity index is 282. The van der Waals surface area contributed by atoms with Crippen molar-refractivity contribution in [2.75, 3.05) is 6.54 Å². The zero-order valence-corrected chi connectivity index (χ0v) is 11.1. The minimum Gasteiger partial charge on any atom is -0.391 e. The molecule has 0 radical (unpaired) electrons. The van der Waals surface area contributed by atoms with Crippen molar-refractivity contribution in [1.29, 1.82) is 0 Å². The number of carbonyl (C=O) groups excluding carboxylic acids is 1. The molecule has 2 aliphatic rings. The number of carbonyl (C=O) groups is 1. The van der Waals surface area contributed by atoms with E-state index in [-0.39, 0.29) is 17.6 Å². The highest BCUT2D eigenvalue weighted by atomic mass is 16.3. The van der Waals surface area contributed by atoms with Crippen LogP contribution in [0.25, 0.3) is 0 Å². The molecule has 1 aliphatic carbocycles. The lowest BCUT2D eigenvalue weighted by Crippen LogP contribution is -2.42. The minimum absolute atomic E-state index is 0.161. The van der Waals surface area contributed by atoms with Crippen LogP contribution in [-0.2, 0) is 4.79 Å². The van der Waals surface area contributed by atoms with Crippen LogP contribution in [0.5, 0.6) is 0 Å². The van der Waals surface area contributed by atoms with Gasteiger partial charge in [0.1, 0.15) is 0 Å². The van der Waals surface area contributed by atoms with Crippen LogP contribution in [0.3, 0.4) is 0 Å². The number of aliphatic hydroxyl groups is 1. The highest BCUT2D eigenvalue weighted by Crippen LogP contribution is 2.32. The third-order valence-electron chi connectivity index (χ3n) is 4.40. The molecular formula is C14H25NO2. The van der Waals surface area contributed by atoms with E-state index in [9.17, 15) is 9.90 Å². The summed E-state index contributed by atoms with van der Waals surface area (Å²) in [6, 6.07) is 0. The molecule has 17 heavy (non-hydrogen) atoms. The predicted molar refractivity (Wildman–Crippen MR) is 67.6 cm³/mol. The van der Waals surface area contributed by atoms with Gasteiger partial charge in [0, 0.05) is 18.5 Å². The molecule has 3 heteroatoms. The summed E-state index contributed by atoms with van der Waals surface area (Å²) in [4.78, 5) is 14.1. The highest BCUT2D eigenvalue weighted by Gasteiger charge is 2.40. The van der Waals surface area contributed by atoms with Crippen LogP contribution >= 0.6 is 0 Å². The van der Waals surface area contributed by atoms with Crippen molar-refractivity contribution in [2.24, 2.45) is 5.92 Å². The van der Waals surface area contributed by atoms with E-state index in [0.29, 0.717) is 19.4 Å². The lowest BCUT2D eigenvalue weighted by molar-refractivity contribution is -0.134. The molecule has 1 saturated carbocycles. The number of β-amino-alcohol motifs (C(OH)–C–C–N with tert-alkyl or cyclic N) is 1. The van der Waals surface area contributed by atoms with Gasteiger partial charge in [-0.05, 0) is 32.6 Å². The van der Waals surface area contributed by atoms with Crippen LogP contribution in [0.15, 0.2) is 0 Å². The molecule has 1 saturated heterocycles. The zero-order valence-electron chi connectivity index (χ0n) is 11.1. The van der Waals surface area contributed by atoms with Crippen molar-refractivity contribution in [3.05, 3.63) is 0 Å². The Kier molecular flexibility index (Phi) is 3.76. The highest BCUT2D eigenvalue weighted by molar-refractivity contribution is 5.77. The van der Waals surface area contributed by atoms with Crippen LogP contribution in [-0.4, -0.2) is 34.1 Å². The molecule has 2 rings (SSSR count). The number of hydrogen-bond donors (Lipinski definition) is 1. The normalized spacial score (nSPS) is 28.9. The van der Waals surface area contributed by atoms with Crippen LogP contribution in [0.2, 0.25) is 0 Å². The van der Waals surface area contributed by atoms with E-state index < -0.39 is 0 Å². The molecule has 0 spiro atoms. The Labute approximate surface area is 104 Å². The van der Waals surface area contributed by atoms with Gasteiger partial charge in [-0.2, -0.15) is 0 Å². The first kappa shape index (κ1) is 12.9. The van der Waals surface area contributed by atoms with Gasteiger partial charge >= 0.3 is 0 Å². The van der Waals surface area contributed by atoms with E-state index in [1.54, 1.807) is 0 Å². The Hall–Kier alpha value is -0.570. The molecule has 1 heterocycles. The topological polar surface area (TPSA) is 40.5 Å². The zero-order chi connectivity index (χ0) is 12.5. The third-order valence-corrected chi connectivity index (χ3v) is 4.40. The molecule has 1 atom stereocenters. The second-order valence-electron chi connectivity index (χ2n) is 6.36. The van der Waals surface area contributed by atoms with E-state index in [1.165, 1.54) is 25.7 Å².